The van der Waals surface area contributed by atoms with Gasteiger partial charge in [0.1, 0.15) is 0 Å². The summed E-state index contributed by atoms with van der Waals surface area (Å²) in [5.41, 5.74) is 1.02. The van der Waals surface area contributed by atoms with Gasteiger partial charge >= 0.3 is 0 Å². The van der Waals surface area contributed by atoms with Crippen LogP contribution in [0, 0.1) is 11.8 Å². The molecule has 3 rings (SSSR count). The molecule has 6 nitrogen and oxygen atoms in total. The summed E-state index contributed by atoms with van der Waals surface area (Å²) >= 11 is 0. The predicted molar refractivity (Wildman–Crippen MR) is 113 cm³/mol. The van der Waals surface area contributed by atoms with Crippen molar-refractivity contribution in [3.05, 3.63) is 24.0 Å². The Hall–Kier alpha value is -0.131. The van der Waals surface area contributed by atoms with Gasteiger partial charge in [0.2, 0.25) is 0 Å². The molecule has 1 heterocycles. The molecule has 2 aliphatic carbocycles. The van der Waals surface area contributed by atoms with Crippen molar-refractivity contribution in [2.45, 2.75) is 83.5 Å². The number of H-pyrrole nitrogens is 1. The van der Waals surface area contributed by atoms with Crippen molar-refractivity contribution < 1.29 is 40.7 Å². The van der Waals surface area contributed by atoms with E-state index in [1.807, 2.05) is 12.3 Å². The van der Waals surface area contributed by atoms with Gasteiger partial charge in [-0.1, -0.05) is 51.4 Å². The maximum Gasteiger partial charge on any atom is 0.267 e. The average Bonchev–Trinajstić information content (AvgIpc) is 3.48. The van der Waals surface area contributed by atoms with E-state index in [0.29, 0.717) is 13.0 Å². The standard InChI is InChI=1S/C14H24NO4P.C8H16O.Fe/c16-20(17,19-11-8-14-7-9-15-12-14)18-10-3-6-13-4-1-2-5-13;9-7-3-6-8-4-1-2-5-8;/h7,9,12-13,15H,1-6,8,10-11H2,(H,16,17);8-9H,1-7H2;/p-1. The maximum atomic E-state index is 11.5. The molecule has 0 radical (unpaired) electrons. The van der Waals surface area contributed by atoms with E-state index in [1.54, 1.807) is 6.20 Å². The van der Waals surface area contributed by atoms with Crippen LogP contribution in [0.3, 0.4) is 0 Å². The summed E-state index contributed by atoms with van der Waals surface area (Å²) in [6, 6.07) is 1.89. The van der Waals surface area contributed by atoms with Crippen LogP contribution in [0.15, 0.2) is 18.5 Å². The van der Waals surface area contributed by atoms with E-state index < -0.39 is 7.82 Å². The Morgan fingerprint density at radius 1 is 1.00 bits per heavy atom. The van der Waals surface area contributed by atoms with Gasteiger partial charge in [-0.3, -0.25) is 4.57 Å². The van der Waals surface area contributed by atoms with Crippen LogP contribution in [-0.4, -0.2) is 29.9 Å². The first-order valence-corrected chi connectivity index (χ1v) is 12.9. The van der Waals surface area contributed by atoms with E-state index in [4.69, 9.17) is 14.2 Å². The second-order valence-electron chi connectivity index (χ2n) is 8.39. The van der Waals surface area contributed by atoms with E-state index in [9.17, 15) is 9.46 Å². The minimum atomic E-state index is -4.13. The van der Waals surface area contributed by atoms with Crippen LogP contribution in [0.5, 0.6) is 0 Å². The first-order chi connectivity index (χ1) is 14.1. The molecule has 1 unspecified atom stereocenters. The molecule has 2 saturated carbocycles. The third-order valence-electron chi connectivity index (χ3n) is 6.03. The molecule has 1 atom stereocenters. The molecule has 8 heteroatoms. The third-order valence-corrected chi connectivity index (χ3v) is 7.03. The quantitative estimate of drug-likeness (QED) is 0.248. The van der Waals surface area contributed by atoms with E-state index in [0.717, 1.165) is 36.7 Å². The third kappa shape index (κ3) is 12.7. The number of phosphoric acid groups is 1. The van der Waals surface area contributed by atoms with Crippen LogP contribution >= 0.6 is 7.82 Å². The summed E-state index contributed by atoms with van der Waals surface area (Å²) in [5, 5.41) is 8.53. The molecule has 2 fully saturated rings. The summed E-state index contributed by atoms with van der Waals surface area (Å²) < 4.78 is 21.2. The molecule has 0 aliphatic heterocycles. The number of rotatable bonds is 12. The van der Waals surface area contributed by atoms with Crippen LogP contribution in [0.1, 0.15) is 82.6 Å². The monoisotopic (exact) mass is 484 g/mol. The molecular weight excluding hydrogens is 445 g/mol. The molecule has 176 valence electrons. The first-order valence-electron chi connectivity index (χ1n) is 11.4. The summed E-state index contributed by atoms with van der Waals surface area (Å²) in [7, 11) is -4.13. The second kappa shape index (κ2) is 16.5. The van der Waals surface area contributed by atoms with Crippen LogP contribution in [0.25, 0.3) is 0 Å². The van der Waals surface area contributed by atoms with Gasteiger partial charge in [0.25, 0.3) is 7.82 Å². The number of aromatic amines is 1. The molecule has 2 N–H and O–H groups in total. The van der Waals surface area contributed by atoms with Crippen LogP contribution in [0.4, 0.5) is 0 Å². The van der Waals surface area contributed by atoms with Crippen LogP contribution in [0.2, 0.25) is 0 Å². The van der Waals surface area contributed by atoms with Crippen molar-refractivity contribution in [1.29, 1.82) is 0 Å². The van der Waals surface area contributed by atoms with E-state index in [1.165, 1.54) is 57.8 Å². The molecule has 30 heavy (non-hydrogen) atoms. The SMILES string of the molecule is O=P([O-])(OCCCC1CCCC1)OCCc1cc[nH]c1.OCCCC1CCCC1.[Fe]. The molecule has 0 saturated heterocycles. The first kappa shape index (κ1) is 27.9. The predicted octanol–water partition coefficient (Wildman–Crippen LogP) is 4.98. The molecule has 0 spiro atoms. The van der Waals surface area contributed by atoms with Crippen molar-refractivity contribution in [3.8, 4) is 0 Å². The van der Waals surface area contributed by atoms with Gasteiger partial charge in [-0.15, -0.1) is 0 Å². The van der Waals surface area contributed by atoms with E-state index in [2.05, 4.69) is 4.98 Å². The number of hydrogen-bond donors (Lipinski definition) is 2. The Morgan fingerprint density at radius 3 is 2.10 bits per heavy atom. The molecular formula is C22H39FeNO5P-. The summed E-state index contributed by atoms with van der Waals surface area (Å²) in [5.74, 6) is 1.72. The molecule has 1 aromatic heterocycles. The van der Waals surface area contributed by atoms with Gasteiger partial charge in [-0.25, -0.2) is 0 Å². The second-order valence-corrected chi connectivity index (χ2v) is 9.80. The van der Waals surface area contributed by atoms with Gasteiger partial charge in [0.15, 0.2) is 0 Å². The molecule has 0 aromatic carbocycles. The Labute approximate surface area is 192 Å². The van der Waals surface area contributed by atoms with Crippen molar-refractivity contribution in [3.63, 3.8) is 0 Å². The Kier molecular flexibility index (Phi) is 15.3. The fourth-order valence-corrected chi connectivity index (χ4v) is 5.10. The molecule has 0 bridgehead atoms. The summed E-state index contributed by atoms with van der Waals surface area (Å²) in [4.78, 5) is 14.4. The van der Waals surface area contributed by atoms with Crippen molar-refractivity contribution in [1.82, 2.24) is 4.98 Å². The number of hydrogen-bond acceptors (Lipinski definition) is 5. The van der Waals surface area contributed by atoms with Crippen molar-refractivity contribution in [2.75, 3.05) is 19.8 Å². The molecule has 0 amide bonds. The van der Waals surface area contributed by atoms with Crippen molar-refractivity contribution >= 4 is 7.82 Å². The van der Waals surface area contributed by atoms with Gasteiger partial charge in [0.05, 0.1) is 13.2 Å². The van der Waals surface area contributed by atoms with Gasteiger partial charge < -0.3 is 24.0 Å². The fourth-order valence-electron chi connectivity index (χ4n) is 4.35. The largest absolute Gasteiger partial charge is 0.756 e. The van der Waals surface area contributed by atoms with Crippen LogP contribution < -0.4 is 4.89 Å². The topological polar surface area (TPSA) is 94.6 Å². The zero-order valence-electron chi connectivity index (χ0n) is 18.1. The number of aliphatic hydroxyl groups is 1. The zero-order valence-corrected chi connectivity index (χ0v) is 20.1. The van der Waals surface area contributed by atoms with Crippen LogP contribution in [-0.2, 0) is 37.1 Å². The zero-order chi connectivity index (χ0) is 20.8. The smallest absolute Gasteiger partial charge is 0.267 e. The summed E-state index contributed by atoms with van der Waals surface area (Å²) in [6.45, 7) is 0.749. The number of phosphoric ester groups is 1. The number of aromatic nitrogens is 1. The molecule has 1 aromatic rings. The van der Waals surface area contributed by atoms with Gasteiger partial charge in [-0.05, 0) is 55.6 Å². The Bertz CT molecular complexity index is 560. The maximum absolute atomic E-state index is 11.5. The Balaban J connectivity index is 0.000000379. The Morgan fingerprint density at radius 2 is 1.57 bits per heavy atom. The minimum Gasteiger partial charge on any atom is -0.756 e. The number of aliphatic hydroxyl groups excluding tert-OH is 1. The fraction of sp³-hybridized carbons (Fsp3) is 0.818. The summed E-state index contributed by atoms with van der Waals surface area (Å²) in [6.07, 6.45) is 19.2. The normalized spacial score (nSPS) is 19.1. The average molecular weight is 484 g/mol. The molecule has 2 aliphatic rings. The number of nitrogens with one attached hydrogen (secondary N) is 1. The van der Waals surface area contributed by atoms with E-state index in [-0.39, 0.29) is 30.3 Å². The van der Waals surface area contributed by atoms with Gasteiger partial charge in [-0.2, -0.15) is 0 Å². The van der Waals surface area contributed by atoms with E-state index >= 15 is 0 Å². The van der Waals surface area contributed by atoms with Crippen molar-refractivity contribution in [2.24, 2.45) is 11.8 Å². The minimum absolute atomic E-state index is 0. The van der Waals surface area contributed by atoms with Gasteiger partial charge in [0, 0.05) is 36.1 Å².